The van der Waals surface area contributed by atoms with Crippen molar-refractivity contribution < 1.29 is 4.79 Å². The van der Waals surface area contributed by atoms with Gasteiger partial charge in [0.05, 0.1) is 11.2 Å². The van der Waals surface area contributed by atoms with E-state index in [2.05, 4.69) is 11.9 Å². The van der Waals surface area contributed by atoms with E-state index in [9.17, 15) is 4.79 Å². The van der Waals surface area contributed by atoms with Crippen LogP contribution in [0.25, 0.3) is 0 Å². The average Bonchev–Trinajstić information content (AvgIpc) is 2.78. The second kappa shape index (κ2) is 8.74. The van der Waals surface area contributed by atoms with Crippen LogP contribution in [0, 0.1) is 0 Å². The van der Waals surface area contributed by atoms with E-state index in [-0.39, 0.29) is 36.8 Å². The fraction of sp³-hybridized carbons (Fsp3) is 0.667. The first kappa shape index (κ1) is 18.6. The van der Waals surface area contributed by atoms with Gasteiger partial charge in [-0.2, -0.15) is 0 Å². The van der Waals surface area contributed by atoms with E-state index in [1.54, 1.807) is 6.20 Å². The zero-order valence-electron chi connectivity index (χ0n) is 11.0. The van der Waals surface area contributed by atoms with Crippen LogP contribution in [0.5, 0.6) is 0 Å². The van der Waals surface area contributed by atoms with Gasteiger partial charge in [0.25, 0.3) is 5.91 Å². The minimum Gasteiger partial charge on any atom is -0.338 e. The maximum Gasteiger partial charge on any atom is 0.265 e. The number of carbonyl (C=O) groups is 1. The van der Waals surface area contributed by atoms with Crippen molar-refractivity contribution in [2.24, 2.45) is 5.73 Å². The van der Waals surface area contributed by atoms with Gasteiger partial charge in [0.15, 0.2) is 0 Å². The van der Waals surface area contributed by atoms with Crippen LogP contribution >= 0.6 is 36.2 Å². The molecule has 2 heterocycles. The summed E-state index contributed by atoms with van der Waals surface area (Å²) in [6, 6.07) is 0.260. The summed E-state index contributed by atoms with van der Waals surface area (Å²) in [6.45, 7) is 3.68. The Labute approximate surface area is 130 Å². The first-order valence-electron chi connectivity index (χ1n) is 6.20. The summed E-state index contributed by atoms with van der Waals surface area (Å²) in [5.74, 6) is 0.122. The minimum absolute atomic E-state index is 0. The van der Waals surface area contributed by atoms with Crippen LogP contribution in [-0.2, 0) is 6.42 Å². The number of thiazole rings is 1. The molecule has 0 saturated carbocycles. The monoisotopic (exact) mass is 325 g/mol. The third-order valence-corrected chi connectivity index (χ3v) is 4.10. The molecule has 0 radical (unpaired) electrons. The number of nitrogens with zero attached hydrogens (tertiary/aromatic N) is 2. The molecule has 0 aromatic carbocycles. The molecule has 0 spiro atoms. The number of aromatic nitrogens is 1. The molecule has 19 heavy (non-hydrogen) atoms. The van der Waals surface area contributed by atoms with Crippen LogP contribution in [-0.4, -0.2) is 34.9 Å². The number of hydrogen-bond donors (Lipinski definition) is 1. The minimum atomic E-state index is 0. The maximum absolute atomic E-state index is 12.2. The van der Waals surface area contributed by atoms with Crippen molar-refractivity contribution >= 4 is 42.1 Å². The molecule has 1 amide bonds. The van der Waals surface area contributed by atoms with E-state index in [1.807, 2.05) is 4.90 Å². The van der Waals surface area contributed by atoms with Gasteiger partial charge in [-0.3, -0.25) is 4.79 Å². The van der Waals surface area contributed by atoms with E-state index in [4.69, 9.17) is 5.73 Å². The number of amides is 1. The van der Waals surface area contributed by atoms with Crippen LogP contribution < -0.4 is 5.73 Å². The van der Waals surface area contributed by atoms with Crippen LogP contribution in [0.2, 0.25) is 0 Å². The summed E-state index contributed by atoms with van der Waals surface area (Å²) in [4.78, 5) is 19.1. The van der Waals surface area contributed by atoms with Crippen molar-refractivity contribution in [3.05, 3.63) is 16.1 Å². The summed E-state index contributed by atoms with van der Waals surface area (Å²) in [5.41, 5.74) is 5.83. The van der Waals surface area contributed by atoms with Crippen molar-refractivity contribution in [2.45, 2.75) is 38.6 Å². The number of rotatable bonds is 3. The second-order valence-corrected chi connectivity index (χ2v) is 5.61. The Balaban J connectivity index is 0.00000162. The van der Waals surface area contributed by atoms with Gasteiger partial charge in [-0.25, -0.2) is 4.98 Å². The van der Waals surface area contributed by atoms with E-state index in [1.165, 1.54) is 11.3 Å². The predicted octanol–water partition coefficient (Wildman–Crippen LogP) is 2.50. The summed E-state index contributed by atoms with van der Waals surface area (Å²) in [6.07, 6.45) is 5.56. The van der Waals surface area contributed by atoms with Crippen LogP contribution in [0.3, 0.4) is 0 Å². The van der Waals surface area contributed by atoms with Crippen molar-refractivity contribution in [2.75, 3.05) is 13.1 Å². The highest BCUT2D eigenvalue weighted by molar-refractivity contribution is 7.13. The van der Waals surface area contributed by atoms with Gasteiger partial charge in [-0.1, -0.05) is 6.92 Å². The van der Waals surface area contributed by atoms with E-state index < -0.39 is 0 Å². The molecule has 7 heteroatoms. The number of aryl methyl sites for hydroxylation is 1. The van der Waals surface area contributed by atoms with Gasteiger partial charge in [-0.15, -0.1) is 36.2 Å². The maximum atomic E-state index is 12.2. The Hall–Kier alpha value is -0.360. The molecule has 0 bridgehead atoms. The average molecular weight is 326 g/mol. The zero-order chi connectivity index (χ0) is 12.3. The highest BCUT2D eigenvalue weighted by Gasteiger charge is 2.22. The largest absolute Gasteiger partial charge is 0.338 e. The normalized spacial score (nSPS) is 15.6. The fourth-order valence-electron chi connectivity index (χ4n) is 2.00. The lowest BCUT2D eigenvalue weighted by molar-refractivity contribution is 0.0719. The van der Waals surface area contributed by atoms with Gasteiger partial charge in [0.2, 0.25) is 0 Å². The van der Waals surface area contributed by atoms with Crippen LogP contribution in [0.4, 0.5) is 0 Å². The molecule has 1 aliphatic heterocycles. The zero-order valence-corrected chi connectivity index (χ0v) is 13.5. The van der Waals surface area contributed by atoms with Gasteiger partial charge in [0, 0.05) is 19.1 Å². The van der Waals surface area contributed by atoms with Gasteiger partial charge < -0.3 is 10.6 Å². The third-order valence-electron chi connectivity index (χ3n) is 3.06. The molecular weight excluding hydrogens is 305 g/mol. The van der Waals surface area contributed by atoms with Crippen molar-refractivity contribution in [1.82, 2.24) is 9.88 Å². The molecule has 0 atom stereocenters. The predicted molar refractivity (Wildman–Crippen MR) is 83.7 cm³/mol. The number of halogens is 2. The van der Waals surface area contributed by atoms with Crippen molar-refractivity contribution in [1.29, 1.82) is 0 Å². The number of hydrogen-bond acceptors (Lipinski definition) is 4. The molecule has 4 nitrogen and oxygen atoms in total. The quantitative estimate of drug-likeness (QED) is 0.928. The Bertz CT molecular complexity index is 392. The Morgan fingerprint density at radius 1 is 1.47 bits per heavy atom. The number of likely N-dealkylation sites (tertiary alicyclic amines) is 1. The van der Waals surface area contributed by atoms with Gasteiger partial charge in [0.1, 0.15) is 4.88 Å². The van der Waals surface area contributed by atoms with Crippen LogP contribution in [0.15, 0.2) is 6.20 Å². The van der Waals surface area contributed by atoms with Gasteiger partial charge in [-0.05, 0) is 25.7 Å². The Kier molecular flexibility index (Phi) is 8.57. The standard InChI is InChI=1S/C12H19N3OS.2ClH/c1-2-3-11-14-8-10(17-11)12(16)15-6-4-9(13)5-7-15;;/h8-9H,2-7,13H2,1H3;2*1H. The molecule has 1 saturated heterocycles. The van der Waals surface area contributed by atoms with Crippen LogP contribution in [0.1, 0.15) is 40.9 Å². The molecule has 2 rings (SSSR count). The summed E-state index contributed by atoms with van der Waals surface area (Å²) in [5, 5.41) is 1.06. The molecule has 0 aliphatic carbocycles. The van der Waals surface area contributed by atoms with E-state index >= 15 is 0 Å². The lowest BCUT2D eigenvalue weighted by atomic mass is 10.1. The summed E-state index contributed by atoms with van der Waals surface area (Å²) in [7, 11) is 0. The molecule has 1 aliphatic rings. The SMILES string of the molecule is CCCc1ncc(C(=O)N2CCC(N)CC2)s1.Cl.Cl. The highest BCUT2D eigenvalue weighted by Crippen LogP contribution is 2.19. The number of carbonyl (C=O) groups excluding carboxylic acids is 1. The molecule has 1 fully saturated rings. The number of nitrogens with two attached hydrogens (primary N) is 1. The molecular formula is C12H21Cl2N3OS. The molecule has 2 N–H and O–H groups in total. The fourth-order valence-corrected chi connectivity index (χ4v) is 2.98. The highest BCUT2D eigenvalue weighted by atomic mass is 35.5. The summed E-state index contributed by atoms with van der Waals surface area (Å²) >= 11 is 1.53. The van der Waals surface area contributed by atoms with Gasteiger partial charge >= 0.3 is 0 Å². The topological polar surface area (TPSA) is 59.2 Å². The summed E-state index contributed by atoms with van der Waals surface area (Å²) < 4.78 is 0. The smallest absolute Gasteiger partial charge is 0.265 e. The second-order valence-electron chi connectivity index (χ2n) is 4.50. The van der Waals surface area contributed by atoms with Crippen molar-refractivity contribution in [3.8, 4) is 0 Å². The van der Waals surface area contributed by atoms with E-state index in [0.29, 0.717) is 0 Å². The Morgan fingerprint density at radius 3 is 2.68 bits per heavy atom. The lowest BCUT2D eigenvalue weighted by Crippen LogP contribution is -2.42. The third kappa shape index (κ3) is 4.91. The lowest BCUT2D eigenvalue weighted by Gasteiger charge is -2.29. The molecule has 1 aromatic rings. The first-order valence-corrected chi connectivity index (χ1v) is 7.02. The molecule has 1 aromatic heterocycles. The molecule has 110 valence electrons. The molecule has 0 unspecified atom stereocenters. The number of piperidine rings is 1. The van der Waals surface area contributed by atoms with E-state index in [0.717, 1.165) is 48.7 Å². The first-order chi connectivity index (χ1) is 8.20. The van der Waals surface area contributed by atoms with Crippen molar-refractivity contribution in [3.63, 3.8) is 0 Å². The Morgan fingerprint density at radius 2 is 2.11 bits per heavy atom.